The van der Waals surface area contributed by atoms with Gasteiger partial charge in [0.1, 0.15) is 0 Å². The molecule has 13 heavy (non-hydrogen) atoms. The topological polar surface area (TPSA) is 71.4 Å². The Morgan fingerprint density at radius 2 is 0.692 bits per heavy atom. The van der Waals surface area contributed by atoms with Gasteiger partial charge in [-0.2, -0.15) is 27.7 Å². The molecule has 0 aromatic heterocycles. The van der Waals surface area contributed by atoms with Gasteiger partial charge in [-0.3, -0.25) is 0 Å². The minimum absolute atomic E-state index is 1.75. The Balaban J connectivity index is -0.0000000230. The van der Waals surface area contributed by atoms with Crippen molar-refractivity contribution in [2.75, 3.05) is 0 Å². The van der Waals surface area contributed by atoms with Crippen LogP contribution in [0.4, 0.5) is 0 Å². The first kappa shape index (κ1) is 29.3. The van der Waals surface area contributed by atoms with Crippen molar-refractivity contribution in [1.82, 2.24) is 0 Å². The fraction of sp³-hybridized carbons (Fsp3) is 0.500. The van der Waals surface area contributed by atoms with Crippen LogP contribution in [0.5, 0.6) is 0 Å². The molecule has 0 fully saturated rings. The van der Waals surface area contributed by atoms with E-state index >= 15 is 0 Å². The quantitative estimate of drug-likeness (QED) is 0.518. The molecule has 0 bridgehead atoms. The van der Waals surface area contributed by atoms with Crippen LogP contribution < -0.4 is 0 Å². The van der Waals surface area contributed by atoms with Crippen LogP contribution >= 0.6 is 0 Å². The molecule has 0 aromatic rings. The Morgan fingerprint density at radius 3 is 0.692 bits per heavy atom. The average molecular weight is 236 g/mol. The Bertz CT molecular complexity index is 137. The summed E-state index contributed by atoms with van der Waals surface area (Å²) in [5, 5.41) is 0. The van der Waals surface area contributed by atoms with Crippen molar-refractivity contribution in [3.63, 3.8) is 0 Å². The maximum atomic E-state index is 8.69. The van der Waals surface area contributed by atoms with Crippen LogP contribution in [-0.4, -0.2) is 4.19 Å². The van der Waals surface area contributed by atoms with Crippen LogP contribution in [0.15, 0.2) is 0 Å². The summed E-state index contributed by atoms with van der Waals surface area (Å²) in [5.41, 5.74) is 0. The molecular formula is C8H21MnO4-4. The second-order valence-corrected chi connectivity index (χ2v) is 1.63. The molecule has 0 atom stereocenters. The third-order valence-electron chi connectivity index (χ3n) is 0. The second kappa shape index (κ2) is 40.7. The molecule has 0 unspecified atom stereocenters. The first-order chi connectivity index (χ1) is 6.00. The van der Waals surface area contributed by atoms with Crippen LogP contribution in [0.25, 0.3) is 0 Å². The Morgan fingerprint density at radius 1 is 0.692 bits per heavy atom. The molecule has 0 spiro atoms. The van der Waals surface area contributed by atoms with Gasteiger partial charge < -0.3 is 27.7 Å². The number of hydrogen-bond acceptors (Lipinski definition) is 3. The van der Waals surface area contributed by atoms with E-state index in [0.717, 1.165) is 0 Å². The van der Waals surface area contributed by atoms with Crippen molar-refractivity contribution in [1.29, 1.82) is 0 Å². The van der Waals surface area contributed by atoms with Crippen molar-refractivity contribution in [2.24, 2.45) is 0 Å². The van der Waals surface area contributed by atoms with Gasteiger partial charge in [0.15, 0.2) is 0 Å². The normalized spacial score (nSPS) is 6.23. The van der Waals surface area contributed by atoms with E-state index in [0.29, 0.717) is 0 Å². The summed E-state index contributed by atoms with van der Waals surface area (Å²) in [6, 6.07) is 0. The summed E-state index contributed by atoms with van der Waals surface area (Å²) >= 11 is -5.38. The van der Waals surface area contributed by atoms with E-state index in [4.69, 9.17) is 15.7 Å². The summed E-state index contributed by atoms with van der Waals surface area (Å²) in [4.78, 5) is 0. The average Bonchev–Trinajstić information content (AvgIpc) is 2.14. The summed E-state index contributed by atoms with van der Waals surface area (Å²) in [6.45, 7) is 20.0. The molecular weight excluding hydrogens is 215 g/mol. The first-order valence-corrected chi connectivity index (χ1v) is 5.43. The molecule has 0 radical (unpaired) electrons. The van der Waals surface area contributed by atoms with Gasteiger partial charge in [0.05, 0.1) is 0 Å². The summed E-state index contributed by atoms with van der Waals surface area (Å²) in [5.74, 6) is 0. The third-order valence-corrected chi connectivity index (χ3v) is 0. The fourth-order valence-electron chi connectivity index (χ4n) is 0. The molecule has 0 saturated heterocycles. The van der Waals surface area contributed by atoms with E-state index in [1.807, 2.05) is 0 Å². The van der Waals surface area contributed by atoms with Crippen LogP contribution in [-0.2, 0) is 24.5 Å². The SMILES string of the molecule is [CH2-]C.[CH2-]C.[CH2-]C.[CH2-]C.[O]=[Mn](=[O])(=[O])[OH]. The molecule has 0 amide bonds. The van der Waals surface area contributed by atoms with Crippen LogP contribution in [0, 0.1) is 27.7 Å². The fourth-order valence-corrected chi connectivity index (χ4v) is 0. The standard InChI is InChI=1S/4C2H5.Mn.H2O.3O/c4*1-2;;;;;/h4*1H2,2H3;;1H2;;;/q4*-1;+1;;;;/p-1. The predicted octanol–water partition coefficient (Wildman–Crippen LogP) is 2.45. The van der Waals surface area contributed by atoms with Crippen molar-refractivity contribution in [2.45, 2.75) is 27.7 Å². The number of hydrogen-bond donors (Lipinski definition) is 1. The molecule has 0 aliphatic rings. The van der Waals surface area contributed by atoms with Crippen LogP contribution in [0.1, 0.15) is 27.7 Å². The van der Waals surface area contributed by atoms with Gasteiger partial charge in [-0.25, -0.2) is 0 Å². The molecule has 0 aromatic carbocycles. The van der Waals surface area contributed by atoms with E-state index in [2.05, 4.69) is 27.7 Å². The Hall–Kier alpha value is -0.121. The van der Waals surface area contributed by atoms with Gasteiger partial charge in [0, 0.05) is 0 Å². The predicted molar refractivity (Wildman–Crippen MR) is 48.4 cm³/mol. The molecule has 1 N–H and O–H groups in total. The molecule has 88 valence electrons. The molecule has 0 aliphatic heterocycles. The molecule has 4 nitrogen and oxygen atoms in total. The van der Waals surface area contributed by atoms with Crippen molar-refractivity contribution < 1.29 is 28.7 Å². The van der Waals surface area contributed by atoms with Crippen molar-refractivity contribution in [3.8, 4) is 0 Å². The summed E-state index contributed by atoms with van der Waals surface area (Å²) in [6.07, 6.45) is 0. The van der Waals surface area contributed by atoms with E-state index in [-0.39, 0.29) is 0 Å². The van der Waals surface area contributed by atoms with Gasteiger partial charge in [-0.1, -0.05) is 0 Å². The molecule has 0 aliphatic carbocycles. The van der Waals surface area contributed by atoms with Crippen LogP contribution in [0.2, 0.25) is 0 Å². The van der Waals surface area contributed by atoms with E-state index in [1.165, 1.54) is 0 Å². The Labute approximate surface area is 84.5 Å². The zero-order chi connectivity index (χ0) is 12.5. The monoisotopic (exact) mass is 236 g/mol. The molecule has 0 heterocycles. The number of rotatable bonds is 0. The Kier molecular flexibility index (Phi) is 91.6. The van der Waals surface area contributed by atoms with Gasteiger partial charge >= 0.3 is 28.7 Å². The van der Waals surface area contributed by atoms with Crippen LogP contribution in [0.3, 0.4) is 0 Å². The van der Waals surface area contributed by atoms with Gasteiger partial charge in [0.2, 0.25) is 0 Å². The van der Waals surface area contributed by atoms with Crippen molar-refractivity contribution in [3.05, 3.63) is 27.7 Å². The summed E-state index contributed by atoms with van der Waals surface area (Å²) in [7, 11) is 0. The molecule has 0 saturated carbocycles. The molecule has 5 heteroatoms. The van der Waals surface area contributed by atoms with Gasteiger partial charge in [-0.05, 0) is 0 Å². The van der Waals surface area contributed by atoms with Crippen molar-refractivity contribution >= 4 is 0 Å². The van der Waals surface area contributed by atoms with E-state index in [9.17, 15) is 0 Å². The molecule has 0 rings (SSSR count). The zero-order valence-electron chi connectivity index (χ0n) is 8.88. The van der Waals surface area contributed by atoms with E-state index < -0.39 is 13.0 Å². The van der Waals surface area contributed by atoms with Gasteiger partial charge in [-0.15, -0.1) is 0 Å². The van der Waals surface area contributed by atoms with E-state index in [1.54, 1.807) is 27.7 Å². The zero-order valence-corrected chi connectivity index (χ0v) is 10.1. The third kappa shape index (κ3) is 79800. The first-order valence-electron chi connectivity index (χ1n) is 3.46. The second-order valence-electron chi connectivity index (χ2n) is 0.396. The van der Waals surface area contributed by atoms with Gasteiger partial charge in [0.25, 0.3) is 0 Å². The maximum absolute atomic E-state index is 8.69. The minimum atomic E-state index is -5.38. The summed E-state index contributed by atoms with van der Waals surface area (Å²) < 4.78 is 33.1.